The number of carbonyl (C=O) groups is 2. The molecule has 2 heterocycles. The Kier molecular flexibility index (Phi) is 5.64. The van der Waals surface area contributed by atoms with Crippen LogP contribution in [0.25, 0.3) is 0 Å². The Hall–Kier alpha value is -3.80. The molecule has 3 aromatic rings. The van der Waals surface area contributed by atoms with Crippen molar-refractivity contribution in [1.82, 2.24) is 4.90 Å². The zero-order chi connectivity index (χ0) is 23.8. The van der Waals surface area contributed by atoms with Crippen LogP contribution in [0.3, 0.4) is 0 Å². The molecule has 0 unspecified atom stereocenters. The van der Waals surface area contributed by atoms with E-state index in [0.29, 0.717) is 13.1 Å². The molecule has 35 heavy (non-hydrogen) atoms. The van der Waals surface area contributed by atoms with Gasteiger partial charge in [0.15, 0.2) is 0 Å². The van der Waals surface area contributed by atoms with E-state index < -0.39 is 0 Å². The third kappa shape index (κ3) is 4.14. The van der Waals surface area contributed by atoms with Crippen LogP contribution in [-0.4, -0.2) is 42.9 Å². The number of ether oxygens (including phenoxy) is 1. The third-order valence-corrected chi connectivity index (χ3v) is 7.49. The molecule has 0 radical (unpaired) electrons. The molecule has 6 heteroatoms. The Bertz CT molecular complexity index is 1200. The van der Waals surface area contributed by atoms with E-state index in [1.54, 1.807) is 0 Å². The lowest BCUT2D eigenvalue weighted by molar-refractivity contribution is -0.132. The number of piperazine rings is 1. The average molecular weight is 468 g/mol. The van der Waals surface area contributed by atoms with Crippen molar-refractivity contribution in [2.24, 2.45) is 5.92 Å². The highest BCUT2D eigenvalue weighted by atomic mass is 16.5. The molecule has 1 saturated heterocycles. The maximum absolute atomic E-state index is 13.8. The summed E-state index contributed by atoms with van der Waals surface area (Å²) in [5, 5.41) is 3.03. The highest BCUT2D eigenvalue weighted by Gasteiger charge is 2.36. The molecule has 2 amide bonds. The van der Waals surface area contributed by atoms with Crippen LogP contribution in [0.4, 0.5) is 11.4 Å². The third-order valence-electron chi connectivity index (χ3n) is 7.49. The SMILES string of the molecule is O=C(Nc1ccc(N2CCN(C(=O)C3c4ccccc4Oc4ccccc43)CC2)cc1)C1CCC1. The second kappa shape index (κ2) is 9.10. The number of hydrogen-bond donors (Lipinski definition) is 1. The Morgan fingerprint density at radius 2 is 1.37 bits per heavy atom. The van der Waals surface area contributed by atoms with Crippen molar-refractivity contribution in [3.05, 3.63) is 83.9 Å². The molecular formula is C29H29N3O3. The van der Waals surface area contributed by atoms with Crippen molar-refractivity contribution in [1.29, 1.82) is 0 Å². The Morgan fingerprint density at radius 3 is 1.94 bits per heavy atom. The number of carbonyl (C=O) groups excluding carboxylic acids is 2. The number of rotatable bonds is 4. The number of hydrogen-bond acceptors (Lipinski definition) is 4. The molecular weight excluding hydrogens is 438 g/mol. The first-order valence-electron chi connectivity index (χ1n) is 12.5. The molecule has 2 fully saturated rings. The van der Waals surface area contributed by atoms with E-state index in [0.717, 1.165) is 66.4 Å². The van der Waals surface area contributed by atoms with Crippen molar-refractivity contribution in [2.45, 2.75) is 25.2 Å². The van der Waals surface area contributed by atoms with Crippen LogP contribution in [0.2, 0.25) is 0 Å². The minimum Gasteiger partial charge on any atom is -0.457 e. The normalized spacial score (nSPS) is 17.6. The molecule has 178 valence electrons. The molecule has 1 saturated carbocycles. The molecule has 0 atom stereocenters. The van der Waals surface area contributed by atoms with Gasteiger partial charge in [-0.3, -0.25) is 9.59 Å². The quantitative estimate of drug-likeness (QED) is 0.586. The first kappa shape index (κ1) is 21.7. The molecule has 1 N–H and O–H groups in total. The highest BCUT2D eigenvalue weighted by Crippen LogP contribution is 2.44. The summed E-state index contributed by atoms with van der Waals surface area (Å²) in [6, 6.07) is 23.7. The van der Waals surface area contributed by atoms with Crippen LogP contribution in [0.5, 0.6) is 11.5 Å². The lowest BCUT2D eigenvalue weighted by Crippen LogP contribution is -2.50. The van der Waals surface area contributed by atoms with Crippen LogP contribution < -0.4 is 15.0 Å². The van der Waals surface area contributed by atoms with Gasteiger partial charge in [0.2, 0.25) is 11.8 Å². The summed E-state index contributed by atoms with van der Waals surface area (Å²) in [5.74, 6) is 1.60. The maximum Gasteiger partial charge on any atom is 0.234 e. The summed E-state index contributed by atoms with van der Waals surface area (Å²) in [6.07, 6.45) is 3.15. The monoisotopic (exact) mass is 467 g/mol. The van der Waals surface area contributed by atoms with E-state index in [-0.39, 0.29) is 23.7 Å². The molecule has 0 aromatic heterocycles. The van der Waals surface area contributed by atoms with Gasteiger partial charge >= 0.3 is 0 Å². The Balaban J connectivity index is 1.13. The minimum absolute atomic E-state index is 0.127. The molecule has 3 aromatic carbocycles. The van der Waals surface area contributed by atoms with E-state index in [2.05, 4.69) is 22.3 Å². The van der Waals surface area contributed by atoms with E-state index in [1.165, 1.54) is 0 Å². The van der Waals surface area contributed by atoms with Crippen LogP contribution in [0, 0.1) is 5.92 Å². The maximum atomic E-state index is 13.8. The Morgan fingerprint density at radius 1 is 0.771 bits per heavy atom. The Labute approximate surface area is 205 Å². The number of benzene rings is 3. The molecule has 6 rings (SSSR count). The molecule has 1 aliphatic carbocycles. The predicted molar refractivity (Wildman–Crippen MR) is 136 cm³/mol. The van der Waals surface area contributed by atoms with Gasteiger partial charge in [-0.15, -0.1) is 0 Å². The minimum atomic E-state index is -0.346. The lowest BCUT2D eigenvalue weighted by atomic mass is 9.85. The van der Waals surface area contributed by atoms with Gasteiger partial charge in [-0.05, 0) is 49.2 Å². The van der Waals surface area contributed by atoms with Crippen molar-refractivity contribution in [2.75, 3.05) is 36.4 Å². The summed E-state index contributed by atoms with van der Waals surface area (Å²) in [4.78, 5) is 30.2. The fourth-order valence-electron chi connectivity index (χ4n) is 5.21. The zero-order valence-electron chi connectivity index (χ0n) is 19.7. The van der Waals surface area contributed by atoms with Crippen molar-refractivity contribution < 1.29 is 14.3 Å². The summed E-state index contributed by atoms with van der Waals surface area (Å²) < 4.78 is 6.07. The first-order valence-corrected chi connectivity index (χ1v) is 12.5. The van der Waals surface area contributed by atoms with Crippen molar-refractivity contribution in [3.8, 4) is 11.5 Å². The number of nitrogens with zero attached hydrogens (tertiary/aromatic N) is 2. The number of amides is 2. The molecule has 0 spiro atoms. The van der Waals surface area contributed by atoms with E-state index in [9.17, 15) is 9.59 Å². The van der Waals surface area contributed by atoms with E-state index >= 15 is 0 Å². The van der Waals surface area contributed by atoms with Gasteiger partial charge < -0.3 is 19.9 Å². The summed E-state index contributed by atoms with van der Waals surface area (Å²) in [7, 11) is 0. The van der Waals surface area contributed by atoms with Gasteiger partial charge in [0.25, 0.3) is 0 Å². The first-order chi connectivity index (χ1) is 17.2. The molecule has 3 aliphatic rings. The number of fused-ring (bicyclic) bond motifs is 2. The van der Waals surface area contributed by atoms with Crippen molar-refractivity contribution in [3.63, 3.8) is 0 Å². The van der Waals surface area contributed by atoms with Crippen LogP contribution in [0.1, 0.15) is 36.3 Å². The van der Waals surface area contributed by atoms with Gasteiger partial charge in [0.05, 0.1) is 5.92 Å². The van der Waals surface area contributed by atoms with Gasteiger partial charge in [0.1, 0.15) is 11.5 Å². The summed E-state index contributed by atoms with van der Waals surface area (Å²) >= 11 is 0. The van der Waals surface area contributed by atoms with Crippen molar-refractivity contribution >= 4 is 23.2 Å². The number of anilines is 2. The number of para-hydroxylation sites is 2. The number of nitrogens with one attached hydrogen (secondary N) is 1. The fourth-order valence-corrected chi connectivity index (χ4v) is 5.21. The molecule has 6 nitrogen and oxygen atoms in total. The summed E-state index contributed by atoms with van der Waals surface area (Å²) in [6.45, 7) is 2.87. The average Bonchev–Trinajstić information content (AvgIpc) is 2.86. The zero-order valence-corrected chi connectivity index (χ0v) is 19.7. The van der Waals surface area contributed by atoms with Crippen LogP contribution in [0.15, 0.2) is 72.8 Å². The van der Waals surface area contributed by atoms with E-state index in [4.69, 9.17) is 4.74 Å². The largest absolute Gasteiger partial charge is 0.457 e. The van der Waals surface area contributed by atoms with Gasteiger partial charge in [-0.1, -0.05) is 42.8 Å². The lowest BCUT2D eigenvalue weighted by Gasteiger charge is -2.38. The van der Waals surface area contributed by atoms with Crippen LogP contribution in [-0.2, 0) is 9.59 Å². The smallest absolute Gasteiger partial charge is 0.234 e. The van der Waals surface area contributed by atoms with Gasteiger partial charge in [0, 0.05) is 54.6 Å². The van der Waals surface area contributed by atoms with Gasteiger partial charge in [-0.25, -0.2) is 0 Å². The standard InChI is InChI=1S/C29H29N3O3/c33-28(20-6-5-7-20)30-21-12-14-22(15-13-21)31-16-18-32(19-17-31)29(34)27-23-8-1-3-10-25(23)35-26-11-4-2-9-24(26)27/h1-4,8-15,20,27H,5-7,16-19H2,(H,30,33). The predicted octanol–water partition coefficient (Wildman–Crippen LogP) is 5.01. The second-order valence-corrected chi connectivity index (χ2v) is 9.59. The van der Waals surface area contributed by atoms with E-state index in [1.807, 2.05) is 65.6 Å². The van der Waals surface area contributed by atoms with Crippen LogP contribution >= 0.6 is 0 Å². The highest BCUT2D eigenvalue weighted by molar-refractivity contribution is 5.93. The second-order valence-electron chi connectivity index (χ2n) is 9.59. The summed E-state index contributed by atoms with van der Waals surface area (Å²) in [5.41, 5.74) is 3.81. The molecule has 0 bridgehead atoms. The molecule has 2 aliphatic heterocycles. The van der Waals surface area contributed by atoms with Gasteiger partial charge in [-0.2, -0.15) is 0 Å². The topological polar surface area (TPSA) is 61.9 Å². The fraction of sp³-hybridized carbons (Fsp3) is 0.310.